The predicted octanol–water partition coefficient (Wildman–Crippen LogP) is 8.03. The van der Waals surface area contributed by atoms with E-state index in [0.717, 1.165) is 35.1 Å². The van der Waals surface area contributed by atoms with Crippen molar-refractivity contribution in [3.8, 4) is 5.75 Å². The first-order valence-electron chi connectivity index (χ1n) is 14.1. The maximum absolute atomic E-state index is 14.2. The van der Waals surface area contributed by atoms with Gasteiger partial charge in [0.05, 0.1) is 35.6 Å². The lowest BCUT2D eigenvalue weighted by atomic mass is 9.93. The Morgan fingerprint density at radius 1 is 0.978 bits per heavy atom. The van der Waals surface area contributed by atoms with Gasteiger partial charge in [0.15, 0.2) is 4.80 Å². The largest absolute Gasteiger partial charge is 0.487 e. The van der Waals surface area contributed by atoms with Gasteiger partial charge >= 0.3 is 5.97 Å². The second-order valence-corrected chi connectivity index (χ2v) is 14.4. The second-order valence-electron chi connectivity index (χ2n) is 10.2. The van der Waals surface area contributed by atoms with Crippen molar-refractivity contribution in [2.45, 2.75) is 19.6 Å². The lowest BCUT2D eigenvalue weighted by Crippen LogP contribution is -2.40. The molecule has 0 amide bonds. The van der Waals surface area contributed by atoms with E-state index in [1.807, 2.05) is 84.9 Å². The van der Waals surface area contributed by atoms with E-state index in [-0.39, 0.29) is 18.8 Å². The lowest BCUT2D eigenvalue weighted by Gasteiger charge is -2.25. The summed E-state index contributed by atoms with van der Waals surface area (Å²) >= 11 is 18.1. The van der Waals surface area contributed by atoms with Crippen LogP contribution in [0.25, 0.3) is 11.8 Å². The van der Waals surface area contributed by atoms with E-state index in [9.17, 15) is 9.59 Å². The minimum absolute atomic E-state index is 0.194. The minimum Gasteiger partial charge on any atom is -0.487 e. The van der Waals surface area contributed by atoms with Crippen molar-refractivity contribution < 1.29 is 14.3 Å². The van der Waals surface area contributed by atoms with Crippen molar-refractivity contribution in [3.05, 3.63) is 156 Å². The van der Waals surface area contributed by atoms with Crippen LogP contribution in [0.1, 0.15) is 35.2 Å². The molecule has 0 aliphatic carbocycles. The summed E-state index contributed by atoms with van der Waals surface area (Å²) in [5.74, 6) is 0.217. The van der Waals surface area contributed by atoms with Crippen LogP contribution in [0, 0.1) is 7.14 Å². The molecule has 0 saturated heterocycles. The van der Waals surface area contributed by atoms with Crippen LogP contribution < -0.4 is 19.6 Å². The van der Waals surface area contributed by atoms with Gasteiger partial charge in [-0.25, -0.2) is 9.79 Å². The summed E-state index contributed by atoms with van der Waals surface area (Å²) < 4.78 is 15.6. The molecule has 11 heteroatoms. The van der Waals surface area contributed by atoms with Gasteiger partial charge in [-0.2, -0.15) is 0 Å². The number of benzene rings is 4. The summed E-state index contributed by atoms with van der Waals surface area (Å²) in [6, 6.07) is 27.6. The Labute approximate surface area is 306 Å². The molecule has 1 aromatic heterocycles. The topological polar surface area (TPSA) is 69.9 Å². The van der Waals surface area contributed by atoms with Gasteiger partial charge in [-0.3, -0.25) is 9.36 Å². The summed E-state index contributed by atoms with van der Waals surface area (Å²) in [4.78, 5) is 33.2. The molecule has 0 spiro atoms. The Hall–Kier alpha value is -2.97. The molecule has 232 valence electrons. The minimum atomic E-state index is -0.718. The highest BCUT2D eigenvalue weighted by atomic mass is 127. The van der Waals surface area contributed by atoms with E-state index in [2.05, 4.69) is 45.2 Å². The summed E-state index contributed by atoms with van der Waals surface area (Å²) in [5, 5.41) is 1.11. The molecule has 1 aliphatic rings. The van der Waals surface area contributed by atoms with Crippen molar-refractivity contribution >= 4 is 97.5 Å². The van der Waals surface area contributed by atoms with Gasteiger partial charge in [-0.1, -0.05) is 101 Å². The quantitative estimate of drug-likeness (QED) is 0.117. The average Bonchev–Trinajstić information content (AvgIpc) is 3.35. The Morgan fingerprint density at radius 2 is 1.65 bits per heavy atom. The second kappa shape index (κ2) is 14.4. The number of carbonyl (C=O) groups excluding carboxylic acids is 1. The first-order chi connectivity index (χ1) is 22.2. The van der Waals surface area contributed by atoms with Crippen molar-refractivity contribution in [3.63, 3.8) is 0 Å². The van der Waals surface area contributed by atoms with Gasteiger partial charge < -0.3 is 9.47 Å². The van der Waals surface area contributed by atoms with Crippen LogP contribution in [-0.4, -0.2) is 17.1 Å². The number of thiazole rings is 1. The van der Waals surface area contributed by atoms with Crippen LogP contribution in [0.2, 0.25) is 10.0 Å². The summed E-state index contributed by atoms with van der Waals surface area (Å²) in [7, 11) is 0. The van der Waals surface area contributed by atoms with Crippen LogP contribution in [0.15, 0.2) is 106 Å². The van der Waals surface area contributed by atoms with Crippen LogP contribution >= 0.6 is 79.7 Å². The van der Waals surface area contributed by atoms with E-state index in [4.69, 9.17) is 37.7 Å². The maximum Gasteiger partial charge on any atom is 0.338 e. The van der Waals surface area contributed by atoms with Gasteiger partial charge in [0.1, 0.15) is 12.4 Å². The molecule has 1 aliphatic heterocycles. The van der Waals surface area contributed by atoms with Gasteiger partial charge in [-0.15, -0.1) is 0 Å². The molecule has 0 radical (unpaired) electrons. The Kier molecular flexibility index (Phi) is 10.3. The standard InChI is InChI=1S/C35H24Cl2I2N2O4S/c1-2-44-34(43)29-30(21-9-5-3-6-10-21)40-35-41(31(29)22-11-7-4-8-12-22)33(42)28(46-35)17-20-15-26(38)32(27(39)16-20)45-19-23-13-14-24(36)18-25(23)37/h3-18,31H,2,19H2,1H3/b28-17-/t31-/m0/s1. The highest BCUT2D eigenvalue weighted by Gasteiger charge is 2.35. The fraction of sp³-hybridized carbons (Fsp3) is 0.114. The fourth-order valence-electron chi connectivity index (χ4n) is 5.13. The number of carbonyl (C=O) groups is 1. The highest BCUT2D eigenvalue weighted by molar-refractivity contribution is 14.1. The molecule has 2 heterocycles. The molecule has 4 aromatic carbocycles. The Morgan fingerprint density at radius 3 is 2.30 bits per heavy atom. The van der Waals surface area contributed by atoms with Crippen molar-refractivity contribution in [1.29, 1.82) is 0 Å². The van der Waals surface area contributed by atoms with Gasteiger partial charge in [-0.05, 0) is 93.6 Å². The lowest BCUT2D eigenvalue weighted by molar-refractivity contribution is -0.138. The third-order valence-corrected chi connectivity index (χ3v) is 10.4. The van der Waals surface area contributed by atoms with E-state index in [1.54, 1.807) is 23.6 Å². The number of hydrogen-bond acceptors (Lipinski definition) is 6. The number of fused-ring (bicyclic) bond motifs is 1. The molecule has 46 heavy (non-hydrogen) atoms. The number of rotatable bonds is 8. The highest BCUT2D eigenvalue weighted by Crippen LogP contribution is 2.35. The first-order valence-corrected chi connectivity index (χ1v) is 17.9. The number of esters is 1. The van der Waals surface area contributed by atoms with E-state index < -0.39 is 12.0 Å². The molecule has 0 unspecified atom stereocenters. The summed E-state index contributed by atoms with van der Waals surface area (Å²) in [6.45, 7) is 2.24. The van der Waals surface area contributed by atoms with Crippen molar-refractivity contribution in [2.24, 2.45) is 4.99 Å². The molecular formula is C35H24Cl2I2N2O4S. The van der Waals surface area contributed by atoms with Crippen LogP contribution in [-0.2, 0) is 16.1 Å². The molecule has 0 fully saturated rings. The zero-order chi connectivity index (χ0) is 32.4. The molecule has 6 rings (SSSR count). The third-order valence-electron chi connectivity index (χ3n) is 7.19. The molecule has 0 N–H and O–H groups in total. The normalized spacial score (nSPS) is 14.5. The first kappa shape index (κ1) is 33.0. The average molecular weight is 893 g/mol. The third kappa shape index (κ3) is 6.84. The molecule has 0 saturated carbocycles. The number of halogens is 4. The zero-order valence-electron chi connectivity index (χ0n) is 24.2. The molecule has 6 nitrogen and oxygen atoms in total. The van der Waals surface area contributed by atoms with Gasteiger partial charge in [0.25, 0.3) is 5.56 Å². The van der Waals surface area contributed by atoms with E-state index in [0.29, 0.717) is 30.6 Å². The molecule has 0 bridgehead atoms. The Balaban J connectivity index is 1.45. The summed E-state index contributed by atoms with van der Waals surface area (Å²) in [6.07, 6.45) is 1.85. The van der Waals surface area contributed by atoms with Crippen LogP contribution in [0.4, 0.5) is 0 Å². The Bertz CT molecular complexity index is 2140. The van der Waals surface area contributed by atoms with Gasteiger partial charge in [0, 0.05) is 21.2 Å². The van der Waals surface area contributed by atoms with Crippen LogP contribution in [0.5, 0.6) is 5.75 Å². The van der Waals surface area contributed by atoms with Crippen LogP contribution in [0.3, 0.4) is 0 Å². The smallest absolute Gasteiger partial charge is 0.338 e. The molecular weight excluding hydrogens is 869 g/mol. The monoisotopic (exact) mass is 892 g/mol. The van der Waals surface area contributed by atoms with Gasteiger partial charge in [0.2, 0.25) is 0 Å². The summed E-state index contributed by atoms with van der Waals surface area (Å²) in [5.41, 5.74) is 3.79. The number of aromatic nitrogens is 1. The predicted molar refractivity (Wildman–Crippen MR) is 200 cm³/mol. The van der Waals surface area contributed by atoms with E-state index in [1.165, 1.54) is 11.3 Å². The SMILES string of the molecule is CCOC(=O)C1=C(c2ccccc2)N=c2s/c(=C\c3cc(I)c(OCc4ccc(Cl)cc4Cl)c(I)c3)c(=O)n2[C@H]1c1ccccc1. The number of nitrogens with zero attached hydrogens (tertiary/aromatic N) is 2. The number of hydrogen-bond donors (Lipinski definition) is 0. The van der Waals surface area contributed by atoms with Crippen molar-refractivity contribution in [1.82, 2.24) is 4.57 Å². The van der Waals surface area contributed by atoms with Crippen molar-refractivity contribution in [2.75, 3.05) is 6.61 Å². The maximum atomic E-state index is 14.2. The van der Waals surface area contributed by atoms with E-state index >= 15 is 0 Å². The fourth-order valence-corrected chi connectivity index (χ4v) is 8.72. The number of ether oxygens (including phenoxy) is 2. The molecule has 5 aromatic rings. The zero-order valence-corrected chi connectivity index (χ0v) is 30.8. The molecule has 1 atom stereocenters.